The highest BCUT2D eigenvalue weighted by Crippen LogP contribution is 2.29. The number of piperidine rings is 1. The van der Waals surface area contributed by atoms with Crippen LogP contribution in [0, 0.1) is 6.92 Å². The van der Waals surface area contributed by atoms with E-state index in [1.165, 1.54) is 11.3 Å². The van der Waals surface area contributed by atoms with Crippen LogP contribution in [0.25, 0.3) is 0 Å². The molecular weight excluding hydrogens is 376 g/mol. The van der Waals surface area contributed by atoms with Gasteiger partial charge in [-0.25, -0.2) is 13.1 Å². The van der Waals surface area contributed by atoms with E-state index in [9.17, 15) is 8.42 Å². The summed E-state index contributed by atoms with van der Waals surface area (Å²) >= 11 is 4.74. The Hall–Kier alpha value is 0.01000. The van der Waals surface area contributed by atoms with Crippen LogP contribution < -0.4 is 10.0 Å². The molecule has 0 unspecified atom stereocenters. The SMILES string of the molecule is Cc1sc(Br)cc1S(=O)(=O)NCCCOC1CCNCC1. The van der Waals surface area contributed by atoms with Gasteiger partial charge in [-0.3, -0.25) is 0 Å². The lowest BCUT2D eigenvalue weighted by atomic mass is 10.1. The molecule has 1 fully saturated rings. The van der Waals surface area contributed by atoms with E-state index in [4.69, 9.17) is 4.74 Å². The van der Waals surface area contributed by atoms with Crippen LogP contribution >= 0.6 is 27.3 Å². The van der Waals surface area contributed by atoms with Gasteiger partial charge in [0, 0.05) is 18.0 Å². The van der Waals surface area contributed by atoms with Crippen molar-refractivity contribution in [3.63, 3.8) is 0 Å². The van der Waals surface area contributed by atoms with E-state index in [0.29, 0.717) is 30.6 Å². The fourth-order valence-corrected chi connectivity index (χ4v) is 5.75. The van der Waals surface area contributed by atoms with Crippen molar-refractivity contribution in [3.05, 3.63) is 14.7 Å². The van der Waals surface area contributed by atoms with Gasteiger partial charge in [0.1, 0.15) is 0 Å². The highest BCUT2D eigenvalue weighted by Gasteiger charge is 2.19. The second-order valence-electron chi connectivity index (χ2n) is 5.04. The Labute approximate surface area is 138 Å². The van der Waals surface area contributed by atoms with Gasteiger partial charge >= 0.3 is 0 Å². The molecule has 2 heterocycles. The minimum absolute atomic E-state index is 0.318. The number of rotatable bonds is 7. The molecule has 1 aliphatic rings. The van der Waals surface area contributed by atoms with Gasteiger partial charge in [-0.1, -0.05) is 0 Å². The Kier molecular flexibility index (Phi) is 6.64. The maximum absolute atomic E-state index is 12.2. The molecule has 0 atom stereocenters. The lowest BCUT2D eigenvalue weighted by Gasteiger charge is -2.22. The molecular formula is C13H21BrN2O3S2. The minimum Gasteiger partial charge on any atom is -0.378 e. The van der Waals surface area contributed by atoms with Crippen LogP contribution in [-0.2, 0) is 14.8 Å². The molecule has 0 aromatic carbocycles. The number of hydrogen-bond acceptors (Lipinski definition) is 5. The summed E-state index contributed by atoms with van der Waals surface area (Å²) in [5, 5.41) is 3.29. The van der Waals surface area contributed by atoms with Crippen molar-refractivity contribution in [1.29, 1.82) is 0 Å². The molecule has 1 aliphatic heterocycles. The summed E-state index contributed by atoms with van der Waals surface area (Å²) in [6.07, 6.45) is 3.08. The molecule has 21 heavy (non-hydrogen) atoms. The van der Waals surface area contributed by atoms with E-state index in [-0.39, 0.29) is 0 Å². The molecule has 5 nitrogen and oxygen atoms in total. The number of ether oxygens (including phenoxy) is 1. The molecule has 1 saturated heterocycles. The van der Waals surface area contributed by atoms with Gasteiger partial charge < -0.3 is 10.1 Å². The molecule has 0 radical (unpaired) electrons. The molecule has 0 aliphatic carbocycles. The minimum atomic E-state index is -3.41. The van der Waals surface area contributed by atoms with Gasteiger partial charge in [0.15, 0.2) is 0 Å². The second-order valence-corrected chi connectivity index (χ2v) is 9.41. The van der Waals surface area contributed by atoms with E-state index in [1.807, 2.05) is 6.92 Å². The van der Waals surface area contributed by atoms with E-state index in [1.54, 1.807) is 6.07 Å². The van der Waals surface area contributed by atoms with Crippen molar-refractivity contribution in [3.8, 4) is 0 Å². The highest BCUT2D eigenvalue weighted by atomic mass is 79.9. The second kappa shape index (κ2) is 8.03. The van der Waals surface area contributed by atoms with Crippen LogP contribution in [0.4, 0.5) is 0 Å². The third kappa shape index (κ3) is 5.30. The van der Waals surface area contributed by atoms with E-state index >= 15 is 0 Å². The number of thiophene rings is 1. The lowest BCUT2D eigenvalue weighted by Crippen LogP contribution is -2.33. The van der Waals surface area contributed by atoms with Crippen molar-refractivity contribution in [2.75, 3.05) is 26.2 Å². The van der Waals surface area contributed by atoms with Crippen molar-refractivity contribution in [1.82, 2.24) is 10.0 Å². The smallest absolute Gasteiger partial charge is 0.241 e. The first-order valence-corrected chi connectivity index (χ1v) is 10.2. The fraction of sp³-hybridized carbons (Fsp3) is 0.692. The molecule has 2 rings (SSSR count). The molecule has 2 N–H and O–H groups in total. The number of sulfonamides is 1. The maximum Gasteiger partial charge on any atom is 0.241 e. The summed E-state index contributed by atoms with van der Waals surface area (Å²) in [7, 11) is -3.41. The number of halogens is 1. The topological polar surface area (TPSA) is 67.4 Å². The first-order chi connectivity index (χ1) is 9.99. The Morgan fingerprint density at radius 3 is 2.81 bits per heavy atom. The summed E-state index contributed by atoms with van der Waals surface area (Å²) in [5.74, 6) is 0. The molecule has 0 bridgehead atoms. The Morgan fingerprint density at radius 1 is 1.48 bits per heavy atom. The summed E-state index contributed by atoms with van der Waals surface area (Å²) in [6, 6.07) is 1.65. The van der Waals surface area contributed by atoms with E-state index in [0.717, 1.165) is 34.6 Å². The van der Waals surface area contributed by atoms with E-state index in [2.05, 4.69) is 26.0 Å². The number of nitrogens with one attached hydrogen (secondary N) is 2. The first kappa shape index (κ1) is 17.4. The Balaban J connectivity index is 1.71. The summed E-state index contributed by atoms with van der Waals surface area (Å²) in [6.45, 7) is 4.82. The zero-order valence-electron chi connectivity index (χ0n) is 12.0. The average molecular weight is 397 g/mol. The van der Waals surface area contributed by atoms with Crippen LogP contribution in [0.1, 0.15) is 24.1 Å². The van der Waals surface area contributed by atoms with Gasteiger partial charge in [0.25, 0.3) is 0 Å². The standard InChI is InChI=1S/C13H21BrN2O3S2/c1-10-12(9-13(14)20-10)21(17,18)16-5-2-8-19-11-3-6-15-7-4-11/h9,11,15-16H,2-8H2,1H3. The maximum atomic E-state index is 12.2. The zero-order chi connectivity index (χ0) is 15.3. The Morgan fingerprint density at radius 2 is 2.19 bits per heavy atom. The molecule has 0 saturated carbocycles. The van der Waals surface area contributed by atoms with Crippen LogP contribution in [0.2, 0.25) is 0 Å². The molecule has 0 spiro atoms. The third-order valence-electron chi connectivity index (χ3n) is 3.38. The largest absolute Gasteiger partial charge is 0.378 e. The van der Waals surface area contributed by atoms with E-state index < -0.39 is 10.0 Å². The van der Waals surface area contributed by atoms with Crippen LogP contribution in [0.5, 0.6) is 0 Å². The van der Waals surface area contributed by atoms with Crippen molar-refractivity contribution in [2.45, 2.75) is 37.2 Å². The monoisotopic (exact) mass is 396 g/mol. The van der Waals surface area contributed by atoms with Gasteiger partial charge in [-0.05, 0) is 61.3 Å². The normalized spacial score (nSPS) is 17.2. The summed E-state index contributed by atoms with van der Waals surface area (Å²) < 4.78 is 33.5. The van der Waals surface area contributed by atoms with Crippen molar-refractivity contribution < 1.29 is 13.2 Å². The quantitative estimate of drug-likeness (QED) is 0.693. The summed E-state index contributed by atoms with van der Waals surface area (Å²) in [4.78, 5) is 1.15. The molecule has 1 aromatic heterocycles. The molecule has 0 amide bonds. The lowest BCUT2D eigenvalue weighted by molar-refractivity contribution is 0.0322. The average Bonchev–Trinajstić information content (AvgIpc) is 2.79. The van der Waals surface area contributed by atoms with Gasteiger partial charge in [0.2, 0.25) is 10.0 Å². The number of hydrogen-bond donors (Lipinski definition) is 2. The predicted molar refractivity (Wildman–Crippen MR) is 88.4 cm³/mol. The fourth-order valence-electron chi connectivity index (χ4n) is 2.27. The predicted octanol–water partition coefficient (Wildman–Crippen LogP) is 2.26. The van der Waals surface area contributed by atoms with Crippen LogP contribution in [0.15, 0.2) is 14.7 Å². The summed E-state index contributed by atoms with van der Waals surface area (Å²) in [5.41, 5.74) is 0. The van der Waals surface area contributed by atoms with Gasteiger partial charge in [0.05, 0.1) is 14.8 Å². The van der Waals surface area contributed by atoms with Crippen LogP contribution in [-0.4, -0.2) is 40.8 Å². The van der Waals surface area contributed by atoms with Crippen molar-refractivity contribution >= 4 is 37.3 Å². The molecule has 1 aromatic rings. The first-order valence-electron chi connectivity index (χ1n) is 7.07. The van der Waals surface area contributed by atoms with Crippen LogP contribution in [0.3, 0.4) is 0 Å². The highest BCUT2D eigenvalue weighted by molar-refractivity contribution is 9.11. The third-order valence-corrected chi connectivity index (χ3v) is 6.65. The Bertz CT molecular complexity index is 554. The molecule has 120 valence electrons. The zero-order valence-corrected chi connectivity index (χ0v) is 15.2. The van der Waals surface area contributed by atoms with Gasteiger partial charge in [-0.2, -0.15) is 0 Å². The van der Waals surface area contributed by atoms with Gasteiger partial charge in [-0.15, -0.1) is 11.3 Å². The van der Waals surface area contributed by atoms with Crippen molar-refractivity contribution in [2.24, 2.45) is 0 Å². The number of aryl methyl sites for hydroxylation is 1. The molecule has 8 heteroatoms.